The quantitative estimate of drug-likeness (QED) is 0.802. The van der Waals surface area contributed by atoms with Crippen LogP contribution in [0.25, 0.3) is 0 Å². The van der Waals surface area contributed by atoms with Gasteiger partial charge in [0.15, 0.2) is 0 Å². The Morgan fingerprint density at radius 3 is 2.56 bits per heavy atom. The summed E-state index contributed by atoms with van der Waals surface area (Å²) in [5, 5.41) is 10.0. The first-order chi connectivity index (χ1) is 7.59. The number of phenolic OH excluding ortho intramolecular Hbond substituents is 1. The van der Waals surface area contributed by atoms with E-state index in [1.54, 1.807) is 0 Å². The molecule has 16 heavy (non-hydrogen) atoms. The van der Waals surface area contributed by atoms with Gasteiger partial charge in [-0.05, 0) is 74.3 Å². The predicted molar refractivity (Wildman–Crippen MR) is 66.8 cm³/mol. The van der Waals surface area contributed by atoms with Crippen LogP contribution in [-0.2, 0) is 19.3 Å². The lowest BCUT2D eigenvalue weighted by molar-refractivity contribution is 0.461. The summed E-state index contributed by atoms with van der Waals surface area (Å²) in [6, 6.07) is 2.02. The number of fused-ring (bicyclic) bond motifs is 1. The highest BCUT2D eigenvalue weighted by atomic mass is 16.3. The summed E-state index contributed by atoms with van der Waals surface area (Å²) >= 11 is 0. The molecule has 0 heterocycles. The van der Waals surface area contributed by atoms with Crippen molar-refractivity contribution in [2.75, 3.05) is 0 Å². The molecule has 0 saturated carbocycles. The van der Waals surface area contributed by atoms with Crippen LogP contribution >= 0.6 is 0 Å². The first kappa shape index (κ1) is 11.5. The Bertz CT molecular complexity index is 396. The van der Waals surface area contributed by atoms with E-state index in [2.05, 4.69) is 6.92 Å². The van der Waals surface area contributed by atoms with Crippen LogP contribution in [0.15, 0.2) is 6.07 Å². The monoisotopic (exact) mass is 219 g/mol. The zero-order valence-corrected chi connectivity index (χ0v) is 10.2. The first-order valence-corrected chi connectivity index (χ1v) is 6.18. The standard InChI is InChI=1S/C14H21NO/c1-9-7-14(16)13(8-10(2)15)12-6-4-3-5-11(9)12/h7,10,16H,3-6,8,15H2,1-2H3. The van der Waals surface area contributed by atoms with Crippen LogP contribution in [0, 0.1) is 6.92 Å². The van der Waals surface area contributed by atoms with E-state index in [0.29, 0.717) is 5.75 Å². The van der Waals surface area contributed by atoms with Crippen molar-refractivity contribution in [2.45, 2.75) is 52.0 Å². The average molecular weight is 219 g/mol. The molecule has 2 heteroatoms. The minimum atomic E-state index is 0.111. The molecule has 0 aliphatic heterocycles. The molecular weight excluding hydrogens is 198 g/mol. The predicted octanol–water partition coefficient (Wildman–Crippen LogP) is 2.47. The second-order valence-electron chi connectivity index (χ2n) is 5.04. The molecule has 1 unspecified atom stereocenters. The van der Waals surface area contributed by atoms with E-state index in [4.69, 9.17) is 5.73 Å². The highest BCUT2D eigenvalue weighted by Crippen LogP contribution is 2.33. The van der Waals surface area contributed by atoms with Gasteiger partial charge in [0.25, 0.3) is 0 Å². The lowest BCUT2D eigenvalue weighted by Crippen LogP contribution is -2.20. The van der Waals surface area contributed by atoms with Crippen LogP contribution in [0.1, 0.15) is 42.0 Å². The fourth-order valence-corrected chi connectivity index (χ4v) is 2.76. The molecule has 0 amide bonds. The van der Waals surface area contributed by atoms with Crippen LogP contribution in [0.2, 0.25) is 0 Å². The number of phenols is 1. The zero-order chi connectivity index (χ0) is 11.7. The van der Waals surface area contributed by atoms with Gasteiger partial charge in [0, 0.05) is 6.04 Å². The third kappa shape index (κ3) is 2.07. The highest BCUT2D eigenvalue weighted by molar-refractivity contribution is 5.50. The topological polar surface area (TPSA) is 46.2 Å². The maximum absolute atomic E-state index is 10.0. The van der Waals surface area contributed by atoms with Gasteiger partial charge in [-0.1, -0.05) is 0 Å². The van der Waals surface area contributed by atoms with Crippen molar-refractivity contribution in [3.05, 3.63) is 28.3 Å². The van der Waals surface area contributed by atoms with E-state index < -0.39 is 0 Å². The van der Waals surface area contributed by atoms with Gasteiger partial charge in [-0.3, -0.25) is 0 Å². The number of hydrogen-bond donors (Lipinski definition) is 2. The number of aryl methyl sites for hydroxylation is 1. The molecule has 1 atom stereocenters. The molecule has 88 valence electrons. The van der Waals surface area contributed by atoms with Crippen molar-refractivity contribution in [3.8, 4) is 5.75 Å². The summed E-state index contributed by atoms with van der Waals surface area (Å²) in [6.45, 7) is 4.09. The summed E-state index contributed by atoms with van der Waals surface area (Å²) < 4.78 is 0. The van der Waals surface area contributed by atoms with Gasteiger partial charge in [-0.2, -0.15) is 0 Å². The Balaban J connectivity index is 2.50. The molecule has 1 aliphatic carbocycles. The Labute approximate surface area is 97.5 Å². The number of aromatic hydroxyl groups is 1. The summed E-state index contributed by atoms with van der Waals surface area (Å²) in [7, 11) is 0. The molecule has 2 nitrogen and oxygen atoms in total. The van der Waals surface area contributed by atoms with Crippen LogP contribution in [0.3, 0.4) is 0 Å². The lowest BCUT2D eigenvalue weighted by Gasteiger charge is -2.23. The third-order valence-corrected chi connectivity index (χ3v) is 3.50. The maximum Gasteiger partial charge on any atom is 0.119 e. The van der Waals surface area contributed by atoms with E-state index in [1.807, 2.05) is 13.0 Å². The van der Waals surface area contributed by atoms with Gasteiger partial charge in [0.2, 0.25) is 0 Å². The molecule has 0 bridgehead atoms. The molecule has 1 aromatic carbocycles. The van der Waals surface area contributed by atoms with Gasteiger partial charge < -0.3 is 10.8 Å². The van der Waals surface area contributed by atoms with E-state index in [9.17, 15) is 5.11 Å². The molecule has 1 aromatic rings. The number of hydrogen-bond acceptors (Lipinski definition) is 2. The summed E-state index contributed by atoms with van der Waals surface area (Å²) in [5.74, 6) is 0.440. The lowest BCUT2D eigenvalue weighted by atomic mass is 9.83. The molecule has 1 aliphatic rings. The van der Waals surface area contributed by atoms with Gasteiger partial charge in [0.05, 0.1) is 0 Å². The van der Waals surface area contributed by atoms with Gasteiger partial charge in [-0.25, -0.2) is 0 Å². The third-order valence-electron chi connectivity index (χ3n) is 3.50. The fraction of sp³-hybridized carbons (Fsp3) is 0.571. The minimum Gasteiger partial charge on any atom is -0.508 e. The summed E-state index contributed by atoms with van der Waals surface area (Å²) in [5.41, 5.74) is 11.0. The van der Waals surface area contributed by atoms with E-state index in [0.717, 1.165) is 24.8 Å². The van der Waals surface area contributed by atoms with E-state index in [1.165, 1.54) is 29.5 Å². The van der Waals surface area contributed by atoms with Crippen LogP contribution < -0.4 is 5.73 Å². The normalized spacial score (nSPS) is 16.9. The fourth-order valence-electron chi connectivity index (χ4n) is 2.76. The first-order valence-electron chi connectivity index (χ1n) is 6.18. The molecule has 0 aromatic heterocycles. The Morgan fingerprint density at radius 2 is 1.94 bits per heavy atom. The van der Waals surface area contributed by atoms with Gasteiger partial charge in [0.1, 0.15) is 5.75 Å². The Hall–Kier alpha value is -1.02. The summed E-state index contributed by atoms with van der Waals surface area (Å²) in [4.78, 5) is 0. The van der Waals surface area contributed by atoms with Crippen LogP contribution in [0.4, 0.5) is 0 Å². The second kappa shape index (κ2) is 4.46. The van der Waals surface area contributed by atoms with Gasteiger partial charge >= 0.3 is 0 Å². The number of rotatable bonds is 2. The molecule has 2 rings (SSSR count). The van der Waals surface area contributed by atoms with Gasteiger partial charge in [-0.15, -0.1) is 0 Å². The molecule has 0 spiro atoms. The highest BCUT2D eigenvalue weighted by Gasteiger charge is 2.19. The second-order valence-corrected chi connectivity index (χ2v) is 5.04. The Kier molecular flexibility index (Phi) is 3.20. The van der Waals surface area contributed by atoms with Crippen molar-refractivity contribution >= 4 is 0 Å². The van der Waals surface area contributed by atoms with E-state index >= 15 is 0 Å². The maximum atomic E-state index is 10.0. The number of benzene rings is 1. The largest absolute Gasteiger partial charge is 0.508 e. The van der Waals surface area contributed by atoms with Crippen LogP contribution in [0.5, 0.6) is 5.75 Å². The van der Waals surface area contributed by atoms with Crippen LogP contribution in [-0.4, -0.2) is 11.1 Å². The minimum absolute atomic E-state index is 0.111. The van der Waals surface area contributed by atoms with Crippen molar-refractivity contribution in [1.29, 1.82) is 0 Å². The average Bonchev–Trinajstić information content (AvgIpc) is 2.24. The number of nitrogens with two attached hydrogens (primary N) is 1. The molecule has 0 fully saturated rings. The van der Waals surface area contributed by atoms with Crippen molar-refractivity contribution in [3.63, 3.8) is 0 Å². The summed E-state index contributed by atoms with van der Waals surface area (Å²) in [6.07, 6.45) is 5.56. The van der Waals surface area contributed by atoms with Crippen molar-refractivity contribution in [1.82, 2.24) is 0 Å². The Morgan fingerprint density at radius 1 is 1.31 bits per heavy atom. The SMILES string of the molecule is Cc1cc(O)c(CC(C)N)c2c1CCCC2. The van der Waals surface area contributed by atoms with Crippen molar-refractivity contribution < 1.29 is 5.11 Å². The zero-order valence-electron chi connectivity index (χ0n) is 10.2. The molecule has 3 N–H and O–H groups in total. The molecular formula is C14H21NO. The molecule has 0 saturated heterocycles. The molecule has 0 radical (unpaired) electrons. The smallest absolute Gasteiger partial charge is 0.119 e. The van der Waals surface area contributed by atoms with Crippen molar-refractivity contribution in [2.24, 2.45) is 5.73 Å². The van der Waals surface area contributed by atoms with E-state index in [-0.39, 0.29) is 6.04 Å².